The van der Waals surface area contributed by atoms with Crippen LogP contribution in [0, 0.1) is 0 Å². The van der Waals surface area contributed by atoms with E-state index in [2.05, 4.69) is 20.8 Å². The fraction of sp³-hybridized carbons (Fsp3) is 1.00. The molecular weight excluding hydrogens is 336 g/mol. The molecule has 1 fully saturated rings. The highest BCUT2D eigenvalue weighted by atomic mass is 16.7. The van der Waals surface area contributed by atoms with Gasteiger partial charge in [0, 0.05) is 26.4 Å². The molecule has 0 spiro atoms. The lowest BCUT2D eigenvalue weighted by Crippen LogP contribution is -2.61. The molecule has 0 aromatic rings. The van der Waals surface area contributed by atoms with Gasteiger partial charge in [-0.15, -0.1) is 0 Å². The van der Waals surface area contributed by atoms with Crippen molar-refractivity contribution < 1.29 is 28.8 Å². The molecular formula is C20H40O6. The monoisotopic (exact) mass is 376 g/mol. The smallest absolute Gasteiger partial charge is 0.184 e. The number of unbranched alkanes of at least 4 members (excludes halogenated alkanes) is 3. The molecule has 0 bridgehead atoms. The van der Waals surface area contributed by atoms with Gasteiger partial charge in [-0.25, -0.2) is 0 Å². The maximum Gasteiger partial charge on any atom is 0.184 e. The van der Waals surface area contributed by atoms with Crippen molar-refractivity contribution >= 4 is 0 Å². The van der Waals surface area contributed by atoms with Gasteiger partial charge >= 0.3 is 0 Å². The van der Waals surface area contributed by atoms with E-state index in [-0.39, 0.29) is 18.3 Å². The predicted molar refractivity (Wildman–Crippen MR) is 101 cm³/mol. The molecule has 0 saturated carbocycles. The van der Waals surface area contributed by atoms with Gasteiger partial charge in [-0.05, 0) is 26.2 Å². The average molecular weight is 377 g/mol. The Morgan fingerprint density at radius 2 is 1.23 bits per heavy atom. The van der Waals surface area contributed by atoms with E-state index in [1.165, 1.54) is 0 Å². The highest BCUT2D eigenvalue weighted by Gasteiger charge is 2.47. The van der Waals surface area contributed by atoms with Crippen molar-refractivity contribution in [2.45, 2.75) is 96.9 Å². The first kappa shape index (κ1) is 23.8. The molecule has 1 saturated heterocycles. The number of rotatable bonds is 15. The zero-order valence-corrected chi connectivity index (χ0v) is 17.2. The molecule has 0 radical (unpaired) electrons. The quantitative estimate of drug-likeness (QED) is 0.442. The molecule has 5 atom stereocenters. The molecule has 1 N–H and O–H groups in total. The first-order chi connectivity index (χ1) is 12.7. The van der Waals surface area contributed by atoms with Crippen molar-refractivity contribution in [3.8, 4) is 0 Å². The van der Waals surface area contributed by atoms with Crippen LogP contribution in [-0.2, 0) is 23.7 Å². The van der Waals surface area contributed by atoms with Crippen LogP contribution < -0.4 is 0 Å². The summed E-state index contributed by atoms with van der Waals surface area (Å²) in [5, 5.41) is 10.5. The van der Waals surface area contributed by atoms with E-state index in [0.29, 0.717) is 33.0 Å². The second-order valence-electron chi connectivity index (χ2n) is 6.79. The van der Waals surface area contributed by atoms with E-state index in [4.69, 9.17) is 23.7 Å². The fourth-order valence-corrected chi connectivity index (χ4v) is 2.92. The summed E-state index contributed by atoms with van der Waals surface area (Å²) in [4.78, 5) is 0. The number of ether oxygens (including phenoxy) is 5. The second-order valence-corrected chi connectivity index (χ2v) is 6.79. The molecule has 156 valence electrons. The van der Waals surface area contributed by atoms with Crippen LogP contribution in [0.3, 0.4) is 0 Å². The normalized spacial score (nSPS) is 29.2. The molecule has 1 heterocycles. The van der Waals surface area contributed by atoms with Crippen molar-refractivity contribution in [3.05, 3.63) is 0 Å². The van der Waals surface area contributed by atoms with Gasteiger partial charge in [-0.2, -0.15) is 0 Å². The van der Waals surface area contributed by atoms with E-state index in [1.54, 1.807) is 0 Å². The Morgan fingerprint density at radius 3 is 1.73 bits per heavy atom. The van der Waals surface area contributed by atoms with Crippen LogP contribution in [0.5, 0.6) is 0 Å². The average Bonchev–Trinajstić information content (AvgIpc) is 2.64. The van der Waals surface area contributed by atoms with Crippen LogP contribution in [0.2, 0.25) is 0 Å². The van der Waals surface area contributed by atoms with Crippen molar-refractivity contribution in [1.82, 2.24) is 0 Å². The Labute approximate surface area is 159 Å². The van der Waals surface area contributed by atoms with Crippen LogP contribution in [0.4, 0.5) is 0 Å². The van der Waals surface area contributed by atoms with Crippen molar-refractivity contribution in [2.75, 3.05) is 33.0 Å². The van der Waals surface area contributed by atoms with Gasteiger partial charge in [0.15, 0.2) is 6.29 Å². The van der Waals surface area contributed by atoms with Crippen LogP contribution in [0.25, 0.3) is 0 Å². The molecule has 6 nitrogen and oxygen atoms in total. The van der Waals surface area contributed by atoms with E-state index in [9.17, 15) is 5.11 Å². The third-order valence-electron chi connectivity index (χ3n) is 4.52. The van der Waals surface area contributed by atoms with Crippen LogP contribution in [0.15, 0.2) is 0 Å². The lowest BCUT2D eigenvalue weighted by Gasteiger charge is -2.44. The van der Waals surface area contributed by atoms with Gasteiger partial charge in [0.2, 0.25) is 0 Å². The van der Waals surface area contributed by atoms with Gasteiger partial charge in [0.05, 0.1) is 6.61 Å². The van der Waals surface area contributed by atoms with Gasteiger partial charge in [-0.3, -0.25) is 0 Å². The summed E-state index contributed by atoms with van der Waals surface area (Å²) in [6.07, 6.45) is 3.43. The first-order valence-electron chi connectivity index (χ1n) is 10.5. The minimum absolute atomic E-state index is 0.306. The summed E-state index contributed by atoms with van der Waals surface area (Å²) < 4.78 is 29.6. The topological polar surface area (TPSA) is 66.4 Å². The van der Waals surface area contributed by atoms with Gasteiger partial charge in [0.1, 0.15) is 24.4 Å². The van der Waals surface area contributed by atoms with E-state index in [0.717, 1.165) is 38.5 Å². The zero-order valence-electron chi connectivity index (χ0n) is 17.2. The Kier molecular flexibility index (Phi) is 13.5. The standard InChI is InChI=1S/C20H40O6/c1-5-9-12-23-17-16(15-22-8-4)26-20(21)19(25-14-11-7-3)18(17)24-13-10-6-2/h16-21H,5-15H2,1-4H3/t16?,17-,18?,19?,20-/m0/s1. The van der Waals surface area contributed by atoms with E-state index in [1.807, 2.05) is 6.92 Å². The summed E-state index contributed by atoms with van der Waals surface area (Å²) in [6, 6.07) is 0. The maximum atomic E-state index is 10.5. The molecule has 1 aliphatic rings. The van der Waals surface area contributed by atoms with Crippen molar-refractivity contribution in [2.24, 2.45) is 0 Å². The minimum Gasteiger partial charge on any atom is -0.379 e. The molecule has 6 heteroatoms. The molecule has 0 aromatic heterocycles. The largest absolute Gasteiger partial charge is 0.379 e. The third kappa shape index (κ3) is 8.19. The predicted octanol–water partition coefficient (Wildman–Crippen LogP) is 3.30. The summed E-state index contributed by atoms with van der Waals surface area (Å²) in [7, 11) is 0. The number of hydrogen-bond donors (Lipinski definition) is 1. The summed E-state index contributed by atoms with van der Waals surface area (Å²) in [6.45, 7) is 11.1. The molecule has 26 heavy (non-hydrogen) atoms. The summed E-state index contributed by atoms with van der Waals surface area (Å²) >= 11 is 0. The molecule has 0 amide bonds. The molecule has 1 rings (SSSR count). The number of aliphatic hydroxyl groups excluding tert-OH is 1. The lowest BCUT2D eigenvalue weighted by atomic mass is 9.98. The molecule has 0 aliphatic carbocycles. The summed E-state index contributed by atoms with van der Waals surface area (Å²) in [5.41, 5.74) is 0. The number of hydrogen-bond acceptors (Lipinski definition) is 6. The van der Waals surface area contributed by atoms with Crippen LogP contribution in [0.1, 0.15) is 66.2 Å². The third-order valence-corrected chi connectivity index (χ3v) is 4.52. The zero-order chi connectivity index (χ0) is 19.2. The van der Waals surface area contributed by atoms with Crippen molar-refractivity contribution in [3.63, 3.8) is 0 Å². The van der Waals surface area contributed by atoms with Crippen LogP contribution in [-0.4, -0.2) is 68.8 Å². The number of aliphatic hydroxyl groups is 1. The Bertz CT molecular complexity index is 327. The first-order valence-corrected chi connectivity index (χ1v) is 10.5. The Morgan fingerprint density at radius 1 is 0.731 bits per heavy atom. The maximum absolute atomic E-state index is 10.5. The highest BCUT2D eigenvalue weighted by molar-refractivity contribution is 4.92. The van der Waals surface area contributed by atoms with E-state index >= 15 is 0 Å². The Hall–Kier alpha value is -0.240. The second kappa shape index (κ2) is 14.8. The molecule has 3 unspecified atom stereocenters. The van der Waals surface area contributed by atoms with Crippen molar-refractivity contribution in [1.29, 1.82) is 0 Å². The Balaban J connectivity index is 2.86. The van der Waals surface area contributed by atoms with Crippen LogP contribution >= 0.6 is 0 Å². The lowest BCUT2D eigenvalue weighted by molar-refractivity contribution is -0.312. The fourth-order valence-electron chi connectivity index (χ4n) is 2.92. The highest BCUT2D eigenvalue weighted by Crippen LogP contribution is 2.28. The minimum atomic E-state index is -1.03. The van der Waals surface area contributed by atoms with Gasteiger partial charge in [0.25, 0.3) is 0 Å². The molecule has 1 aliphatic heterocycles. The summed E-state index contributed by atoms with van der Waals surface area (Å²) in [5.74, 6) is 0. The van der Waals surface area contributed by atoms with E-state index < -0.39 is 12.4 Å². The molecule has 0 aromatic carbocycles. The van der Waals surface area contributed by atoms with Gasteiger partial charge < -0.3 is 28.8 Å². The van der Waals surface area contributed by atoms with Gasteiger partial charge in [-0.1, -0.05) is 40.0 Å². The SMILES string of the molecule is CCCCOC1C(OCCCC)[C@@H](O)OC(COCC)[C@@H]1OCCCC.